The number of pyridine rings is 1. The van der Waals surface area contributed by atoms with Crippen LogP contribution >= 0.6 is 11.6 Å². The molecule has 4 rings (SSSR count). The Bertz CT molecular complexity index is 1420. The molecule has 0 bridgehead atoms. The van der Waals surface area contributed by atoms with Gasteiger partial charge in [-0.05, 0) is 54.8 Å². The summed E-state index contributed by atoms with van der Waals surface area (Å²) < 4.78 is 70.1. The molecule has 1 aromatic heterocycles. The number of carbonyl (C=O) groups is 2. The minimum absolute atomic E-state index is 0.183. The molecule has 6 nitrogen and oxygen atoms in total. The Morgan fingerprint density at radius 2 is 1.78 bits per heavy atom. The van der Waals surface area contributed by atoms with Crippen LogP contribution in [0.5, 0.6) is 0 Å². The third-order valence-electron chi connectivity index (χ3n) is 5.91. The van der Waals surface area contributed by atoms with E-state index < -0.39 is 57.0 Å². The fourth-order valence-corrected chi connectivity index (χ4v) is 4.12. The zero-order valence-corrected chi connectivity index (χ0v) is 18.8. The summed E-state index contributed by atoms with van der Waals surface area (Å²) in [5.41, 5.74) is -5.20. The molecule has 1 aliphatic rings. The molecule has 2 aromatic carbocycles. The first-order chi connectivity index (χ1) is 16.9. The lowest BCUT2D eigenvalue weighted by Crippen LogP contribution is -2.32. The van der Waals surface area contributed by atoms with E-state index in [1.54, 1.807) is 0 Å². The van der Waals surface area contributed by atoms with Crippen molar-refractivity contribution in [3.05, 3.63) is 93.3 Å². The predicted molar refractivity (Wildman–Crippen MR) is 120 cm³/mol. The van der Waals surface area contributed by atoms with Gasteiger partial charge in [-0.2, -0.15) is 13.2 Å². The second-order valence-electron chi connectivity index (χ2n) is 8.09. The Kier molecular flexibility index (Phi) is 6.29. The van der Waals surface area contributed by atoms with E-state index in [9.17, 15) is 31.5 Å². The summed E-state index contributed by atoms with van der Waals surface area (Å²) in [7, 11) is 0. The summed E-state index contributed by atoms with van der Waals surface area (Å²) in [4.78, 5) is 28.1. The molecule has 0 saturated heterocycles. The number of nitrogens with zero attached hydrogens (tertiary/aromatic N) is 1. The molecule has 1 aliphatic carbocycles. The van der Waals surface area contributed by atoms with Crippen LogP contribution in [-0.2, 0) is 5.41 Å². The number of alkyl halides is 3. The van der Waals surface area contributed by atoms with Gasteiger partial charge in [0.2, 0.25) is 0 Å². The Morgan fingerprint density at radius 3 is 2.36 bits per heavy atom. The smallest absolute Gasteiger partial charge is 0.398 e. The number of nitrogens with one attached hydrogen (secondary N) is 2. The highest BCUT2D eigenvalue weighted by atomic mass is 35.5. The molecule has 0 unspecified atom stereocenters. The third kappa shape index (κ3) is 4.30. The van der Waals surface area contributed by atoms with Crippen molar-refractivity contribution in [3.8, 4) is 0 Å². The largest absolute Gasteiger partial charge is 0.478 e. The lowest BCUT2D eigenvalue weighted by molar-refractivity contribution is -0.160. The van der Waals surface area contributed by atoms with Crippen LogP contribution in [0.1, 0.15) is 50.4 Å². The summed E-state index contributed by atoms with van der Waals surface area (Å²) in [6.07, 6.45) is -4.07. The van der Waals surface area contributed by atoms with Gasteiger partial charge in [0.25, 0.3) is 5.91 Å². The van der Waals surface area contributed by atoms with Crippen molar-refractivity contribution in [2.24, 2.45) is 0 Å². The van der Waals surface area contributed by atoms with E-state index in [1.165, 1.54) is 18.3 Å². The fraction of sp³-hybridized carbons (Fsp3) is 0.167. The molecule has 186 valence electrons. The number of carboxylic acids is 1. The van der Waals surface area contributed by atoms with Gasteiger partial charge in [0.1, 0.15) is 17.3 Å². The summed E-state index contributed by atoms with van der Waals surface area (Å²) in [5, 5.41) is 18.9. The maximum Gasteiger partial charge on any atom is 0.398 e. The third-order valence-corrected chi connectivity index (χ3v) is 6.28. The molecule has 0 radical (unpaired) electrons. The molecule has 0 spiro atoms. The van der Waals surface area contributed by atoms with Gasteiger partial charge < -0.3 is 10.4 Å². The first-order valence-electron chi connectivity index (χ1n) is 10.3. The van der Waals surface area contributed by atoms with Crippen LogP contribution in [0.2, 0.25) is 5.02 Å². The van der Waals surface area contributed by atoms with Crippen molar-refractivity contribution in [3.63, 3.8) is 0 Å². The summed E-state index contributed by atoms with van der Waals surface area (Å²) in [6.45, 7) is 0. The molecular weight excluding hydrogens is 509 g/mol. The standard InChI is InChI=1S/C24H15ClF5N3O3/c25-18-14(26)6-5-13(23(7-8-23)24(28,29)30)17(18)21(34)33-16-2-1-9-32-20(16)19(31)12-4-3-11(22(35)36)10-15(12)27/h1-6,9-10,31H,7-8H2,(H,33,34)(H,35,36). The van der Waals surface area contributed by atoms with Gasteiger partial charge in [0.05, 0.1) is 33.0 Å². The van der Waals surface area contributed by atoms with E-state index in [-0.39, 0.29) is 35.3 Å². The lowest BCUT2D eigenvalue weighted by atomic mass is 9.90. The van der Waals surface area contributed by atoms with Gasteiger partial charge in [-0.1, -0.05) is 17.7 Å². The first kappa shape index (κ1) is 25.2. The molecule has 0 atom stereocenters. The van der Waals surface area contributed by atoms with Gasteiger partial charge in [-0.25, -0.2) is 13.6 Å². The van der Waals surface area contributed by atoms with Crippen LogP contribution in [0.15, 0.2) is 48.7 Å². The Hall–Kier alpha value is -3.86. The van der Waals surface area contributed by atoms with E-state index in [0.717, 1.165) is 24.3 Å². The van der Waals surface area contributed by atoms with E-state index in [4.69, 9.17) is 22.1 Å². The predicted octanol–water partition coefficient (Wildman–Crippen LogP) is 5.97. The van der Waals surface area contributed by atoms with E-state index >= 15 is 0 Å². The van der Waals surface area contributed by atoms with Crippen molar-refractivity contribution in [2.75, 3.05) is 5.32 Å². The van der Waals surface area contributed by atoms with Crippen LogP contribution in [0.25, 0.3) is 0 Å². The first-order valence-corrected chi connectivity index (χ1v) is 10.7. The van der Waals surface area contributed by atoms with Crippen molar-refractivity contribution in [2.45, 2.75) is 24.4 Å². The summed E-state index contributed by atoms with van der Waals surface area (Å²) >= 11 is 5.94. The van der Waals surface area contributed by atoms with E-state index in [1.807, 2.05) is 0 Å². The van der Waals surface area contributed by atoms with Crippen LogP contribution < -0.4 is 5.32 Å². The number of aromatic nitrogens is 1. The number of carbonyl (C=O) groups excluding carboxylic acids is 1. The molecule has 1 fully saturated rings. The van der Waals surface area contributed by atoms with Gasteiger partial charge in [-0.3, -0.25) is 15.2 Å². The van der Waals surface area contributed by atoms with Gasteiger partial charge in [0.15, 0.2) is 0 Å². The number of hydrogen-bond acceptors (Lipinski definition) is 4. The fourth-order valence-electron chi connectivity index (χ4n) is 3.87. The number of benzene rings is 2. The highest BCUT2D eigenvalue weighted by Crippen LogP contribution is 2.60. The Balaban J connectivity index is 1.73. The average molecular weight is 524 g/mol. The quantitative estimate of drug-likeness (QED) is 0.273. The number of rotatable bonds is 6. The number of carboxylic acid groups (broad SMARTS) is 1. The van der Waals surface area contributed by atoms with Crippen LogP contribution in [0.3, 0.4) is 0 Å². The van der Waals surface area contributed by atoms with Crippen molar-refractivity contribution in [1.82, 2.24) is 4.98 Å². The lowest BCUT2D eigenvalue weighted by Gasteiger charge is -2.23. The molecule has 12 heteroatoms. The highest BCUT2D eigenvalue weighted by Gasteiger charge is 2.65. The summed E-state index contributed by atoms with van der Waals surface area (Å²) in [6, 6.07) is 7.07. The molecule has 3 aromatic rings. The number of amides is 1. The number of anilines is 1. The number of hydrogen-bond donors (Lipinski definition) is 3. The topological polar surface area (TPSA) is 103 Å². The minimum atomic E-state index is -4.70. The number of aromatic carboxylic acids is 1. The van der Waals surface area contributed by atoms with Gasteiger partial charge >= 0.3 is 12.1 Å². The molecular formula is C24H15ClF5N3O3. The minimum Gasteiger partial charge on any atom is -0.478 e. The molecule has 1 heterocycles. The molecule has 0 aliphatic heterocycles. The van der Waals surface area contributed by atoms with Crippen LogP contribution in [-0.4, -0.2) is 33.9 Å². The zero-order valence-electron chi connectivity index (χ0n) is 18.0. The molecule has 36 heavy (non-hydrogen) atoms. The van der Waals surface area contributed by atoms with E-state index in [2.05, 4.69) is 10.3 Å². The SMILES string of the molecule is N=C(c1ccc(C(=O)O)cc1F)c1ncccc1NC(=O)c1c(C2(C(F)(F)F)CC2)ccc(F)c1Cl. The Morgan fingerprint density at radius 1 is 1.08 bits per heavy atom. The van der Waals surface area contributed by atoms with Crippen LogP contribution in [0, 0.1) is 17.0 Å². The van der Waals surface area contributed by atoms with Crippen molar-refractivity contribution < 1.29 is 36.6 Å². The van der Waals surface area contributed by atoms with Crippen molar-refractivity contribution in [1.29, 1.82) is 5.41 Å². The van der Waals surface area contributed by atoms with Gasteiger partial charge in [-0.15, -0.1) is 0 Å². The normalized spacial score (nSPS) is 14.3. The van der Waals surface area contributed by atoms with Crippen LogP contribution in [0.4, 0.5) is 27.6 Å². The second kappa shape index (κ2) is 8.98. The molecule has 1 amide bonds. The molecule has 1 saturated carbocycles. The maximum absolute atomic E-state index is 14.5. The maximum atomic E-state index is 14.5. The number of halogens is 6. The highest BCUT2D eigenvalue weighted by molar-refractivity contribution is 6.35. The molecule has 3 N–H and O–H groups in total. The van der Waals surface area contributed by atoms with Crippen molar-refractivity contribution >= 4 is 34.9 Å². The van der Waals surface area contributed by atoms with E-state index in [0.29, 0.717) is 6.07 Å². The monoisotopic (exact) mass is 523 g/mol. The zero-order chi connectivity index (χ0) is 26.4. The average Bonchev–Trinajstić information content (AvgIpc) is 3.62. The Labute approximate surface area is 205 Å². The second-order valence-corrected chi connectivity index (χ2v) is 8.47. The van der Waals surface area contributed by atoms with Gasteiger partial charge in [0, 0.05) is 11.8 Å². The summed E-state index contributed by atoms with van der Waals surface area (Å²) in [5.74, 6) is -4.69.